The molecular weight excluding hydrogens is 294 g/mol. The molecule has 2 aromatic rings. The monoisotopic (exact) mass is 317 g/mol. The fourth-order valence-electron chi connectivity index (χ4n) is 3.39. The van der Waals surface area contributed by atoms with E-state index in [4.69, 9.17) is 4.52 Å². The Balaban J connectivity index is 1.99. The van der Waals surface area contributed by atoms with Crippen molar-refractivity contribution in [2.45, 2.75) is 40.7 Å². The Kier molecular flexibility index (Phi) is 3.95. The molecule has 2 aromatic heterocycles. The van der Waals surface area contributed by atoms with Gasteiger partial charge >= 0.3 is 0 Å². The normalized spacial score (nSPS) is 21.4. The molecule has 7 heteroatoms. The van der Waals surface area contributed by atoms with E-state index in [1.54, 1.807) is 6.92 Å². The number of aryl methyl sites for hydroxylation is 2. The van der Waals surface area contributed by atoms with Crippen LogP contribution in [0.2, 0.25) is 0 Å². The smallest absolute Gasteiger partial charge is 0.263 e. The molecule has 1 amide bonds. The van der Waals surface area contributed by atoms with Gasteiger partial charge in [0.1, 0.15) is 17.0 Å². The van der Waals surface area contributed by atoms with Crippen LogP contribution in [0.1, 0.15) is 32.3 Å². The number of carbonyl (C=O) groups excluding carboxylic acids is 1. The third-order valence-electron chi connectivity index (χ3n) is 4.51. The molecule has 3 heterocycles. The van der Waals surface area contributed by atoms with Gasteiger partial charge in [-0.05, 0) is 19.8 Å². The minimum absolute atomic E-state index is 0.00710. The van der Waals surface area contributed by atoms with Crippen LogP contribution in [0.5, 0.6) is 0 Å². The van der Waals surface area contributed by atoms with E-state index in [2.05, 4.69) is 39.2 Å². The summed E-state index contributed by atoms with van der Waals surface area (Å²) < 4.78 is 5.30. The van der Waals surface area contributed by atoms with E-state index < -0.39 is 0 Å². The van der Waals surface area contributed by atoms with Crippen LogP contribution in [0, 0.1) is 25.7 Å². The molecule has 1 saturated heterocycles. The van der Waals surface area contributed by atoms with Crippen LogP contribution in [-0.4, -0.2) is 40.2 Å². The Morgan fingerprint density at radius 2 is 2.04 bits per heavy atom. The second-order valence-electron chi connectivity index (χ2n) is 6.66. The van der Waals surface area contributed by atoms with E-state index in [-0.39, 0.29) is 11.9 Å². The molecule has 1 N–H and O–H groups in total. The maximum atomic E-state index is 11.5. The molecule has 0 bridgehead atoms. The van der Waals surface area contributed by atoms with Gasteiger partial charge < -0.3 is 14.7 Å². The van der Waals surface area contributed by atoms with E-state index >= 15 is 0 Å². The average Bonchev–Trinajstić information content (AvgIpc) is 3.02. The summed E-state index contributed by atoms with van der Waals surface area (Å²) in [5, 5.41) is 7.96. The lowest BCUT2D eigenvalue weighted by atomic mass is 9.91. The molecule has 0 radical (unpaired) electrons. The van der Waals surface area contributed by atoms with Gasteiger partial charge in [-0.25, -0.2) is 4.98 Å². The largest absolute Gasteiger partial charge is 0.353 e. The number of carbonyl (C=O) groups is 1. The molecule has 0 aliphatic carbocycles. The lowest BCUT2D eigenvalue weighted by Crippen LogP contribution is -2.40. The first-order valence-electron chi connectivity index (χ1n) is 7.99. The van der Waals surface area contributed by atoms with Crippen LogP contribution in [0.4, 0.5) is 5.82 Å². The number of rotatable bonds is 3. The molecule has 0 aromatic carbocycles. The lowest BCUT2D eigenvalue weighted by Gasteiger charge is -2.21. The summed E-state index contributed by atoms with van der Waals surface area (Å²) in [4.78, 5) is 22.7. The maximum Gasteiger partial charge on any atom is 0.263 e. The minimum atomic E-state index is 0.00710. The summed E-state index contributed by atoms with van der Waals surface area (Å²) in [7, 11) is 0. The predicted octanol–water partition coefficient (Wildman–Crippen LogP) is 1.83. The standard InChI is InChI=1S/C16H23N5O2/c1-8(2)12-6-21(7-13(12)19-11(5)22)15-14-9(3)20-23-16(14)18-10(4)17-15/h8,12-13H,6-7H2,1-5H3,(H,19,22)/t12-,13+/m0/s1. The summed E-state index contributed by atoms with van der Waals surface area (Å²) in [6, 6.07) is 0.123. The van der Waals surface area contributed by atoms with Gasteiger partial charge in [0.15, 0.2) is 0 Å². The number of nitrogens with one attached hydrogen (secondary N) is 1. The average molecular weight is 317 g/mol. The highest BCUT2D eigenvalue weighted by molar-refractivity contribution is 5.88. The molecule has 23 heavy (non-hydrogen) atoms. The maximum absolute atomic E-state index is 11.5. The highest BCUT2D eigenvalue weighted by atomic mass is 16.5. The SMILES string of the molecule is CC(=O)N[C@@H]1CN(c2nc(C)nc3onc(C)c23)C[C@H]1C(C)C. The van der Waals surface area contributed by atoms with Gasteiger partial charge in [-0.15, -0.1) is 0 Å². The van der Waals surface area contributed by atoms with Crippen molar-refractivity contribution in [3.8, 4) is 0 Å². The third-order valence-corrected chi connectivity index (χ3v) is 4.51. The van der Waals surface area contributed by atoms with Crippen molar-refractivity contribution < 1.29 is 9.32 Å². The molecule has 2 atom stereocenters. The second-order valence-corrected chi connectivity index (χ2v) is 6.66. The summed E-state index contributed by atoms with van der Waals surface area (Å²) in [6.45, 7) is 11.3. The van der Waals surface area contributed by atoms with Crippen molar-refractivity contribution in [2.75, 3.05) is 18.0 Å². The first kappa shape index (κ1) is 15.7. The van der Waals surface area contributed by atoms with Gasteiger partial charge in [0.05, 0.1) is 11.7 Å². The number of anilines is 1. The van der Waals surface area contributed by atoms with Gasteiger partial charge in [0, 0.05) is 25.9 Å². The zero-order valence-corrected chi connectivity index (χ0v) is 14.3. The van der Waals surface area contributed by atoms with Gasteiger partial charge in [0.25, 0.3) is 5.71 Å². The molecule has 1 aliphatic heterocycles. The van der Waals surface area contributed by atoms with Crippen LogP contribution in [-0.2, 0) is 4.79 Å². The van der Waals surface area contributed by atoms with Crippen molar-refractivity contribution in [1.29, 1.82) is 0 Å². The lowest BCUT2D eigenvalue weighted by molar-refractivity contribution is -0.119. The van der Waals surface area contributed by atoms with Gasteiger partial charge in [-0.2, -0.15) is 4.98 Å². The van der Waals surface area contributed by atoms with Gasteiger partial charge in [-0.1, -0.05) is 19.0 Å². The minimum Gasteiger partial charge on any atom is -0.353 e. The molecule has 7 nitrogen and oxygen atoms in total. The van der Waals surface area contributed by atoms with Crippen LogP contribution >= 0.6 is 0 Å². The molecule has 0 unspecified atom stereocenters. The number of nitrogens with zero attached hydrogens (tertiary/aromatic N) is 4. The Labute approximate surface area is 135 Å². The van der Waals surface area contributed by atoms with E-state index in [0.29, 0.717) is 23.4 Å². The fourth-order valence-corrected chi connectivity index (χ4v) is 3.39. The highest BCUT2D eigenvalue weighted by Crippen LogP contribution is 2.33. The Morgan fingerprint density at radius 1 is 1.30 bits per heavy atom. The van der Waals surface area contributed by atoms with Gasteiger partial charge in [-0.3, -0.25) is 4.79 Å². The van der Waals surface area contributed by atoms with Crippen LogP contribution < -0.4 is 10.2 Å². The molecule has 124 valence electrons. The molecule has 0 saturated carbocycles. The highest BCUT2D eigenvalue weighted by Gasteiger charge is 2.37. The summed E-state index contributed by atoms with van der Waals surface area (Å²) in [5.41, 5.74) is 1.31. The summed E-state index contributed by atoms with van der Waals surface area (Å²) >= 11 is 0. The second kappa shape index (κ2) is 5.79. The molecule has 3 rings (SSSR count). The first-order chi connectivity index (χ1) is 10.9. The summed E-state index contributed by atoms with van der Waals surface area (Å²) in [5.74, 6) is 2.37. The number of fused-ring (bicyclic) bond motifs is 1. The Bertz CT molecular complexity index is 739. The zero-order chi connectivity index (χ0) is 16.7. The van der Waals surface area contributed by atoms with E-state index in [1.807, 2.05) is 13.8 Å². The van der Waals surface area contributed by atoms with Crippen LogP contribution in [0.3, 0.4) is 0 Å². The third kappa shape index (κ3) is 2.87. The van der Waals surface area contributed by atoms with Crippen LogP contribution in [0.15, 0.2) is 4.52 Å². The number of hydrogen-bond acceptors (Lipinski definition) is 6. The molecular formula is C16H23N5O2. The van der Waals surface area contributed by atoms with E-state index in [1.165, 1.54) is 0 Å². The molecule has 1 aliphatic rings. The van der Waals surface area contributed by atoms with Gasteiger partial charge in [0.2, 0.25) is 5.91 Å². The topological polar surface area (TPSA) is 84.2 Å². The predicted molar refractivity (Wildman–Crippen MR) is 87.2 cm³/mol. The molecule has 0 spiro atoms. The number of amides is 1. The zero-order valence-electron chi connectivity index (χ0n) is 14.3. The van der Waals surface area contributed by atoms with E-state index in [0.717, 1.165) is 30.0 Å². The van der Waals surface area contributed by atoms with Crippen molar-refractivity contribution in [3.63, 3.8) is 0 Å². The number of aromatic nitrogens is 3. The number of hydrogen-bond donors (Lipinski definition) is 1. The fraction of sp³-hybridized carbons (Fsp3) is 0.625. The quantitative estimate of drug-likeness (QED) is 0.930. The van der Waals surface area contributed by atoms with Crippen molar-refractivity contribution in [3.05, 3.63) is 11.5 Å². The van der Waals surface area contributed by atoms with Crippen molar-refractivity contribution >= 4 is 22.8 Å². The van der Waals surface area contributed by atoms with Crippen molar-refractivity contribution in [2.24, 2.45) is 11.8 Å². The van der Waals surface area contributed by atoms with Crippen LogP contribution in [0.25, 0.3) is 11.1 Å². The molecule has 1 fully saturated rings. The Morgan fingerprint density at radius 3 is 2.70 bits per heavy atom. The first-order valence-corrected chi connectivity index (χ1v) is 7.99. The summed E-state index contributed by atoms with van der Waals surface area (Å²) in [6.07, 6.45) is 0. The Hall–Kier alpha value is -2.18. The van der Waals surface area contributed by atoms with Crippen molar-refractivity contribution in [1.82, 2.24) is 20.4 Å². The van der Waals surface area contributed by atoms with E-state index in [9.17, 15) is 4.79 Å².